The van der Waals surface area contributed by atoms with Crippen LogP contribution in [0.25, 0.3) is 10.8 Å². The molecule has 0 aromatic heterocycles. The van der Waals surface area contributed by atoms with Gasteiger partial charge in [-0.15, -0.1) is 0 Å². The smallest absolute Gasteiger partial charge is 0.315 e. The summed E-state index contributed by atoms with van der Waals surface area (Å²) in [5, 5.41) is 5.99. The SMILES string of the molecule is COC(=O)C1C2=C(C(=O)CC1c1c(C)cc(C)cc1C)C(C=C1CC3CCC1(C)C3(C)C)c1c(ccc3ccccc13)N2. The van der Waals surface area contributed by atoms with Crippen molar-refractivity contribution >= 4 is 28.2 Å². The molecule has 5 unspecified atom stereocenters. The zero-order valence-corrected chi connectivity index (χ0v) is 26.6. The molecule has 4 nitrogen and oxygen atoms in total. The second kappa shape index (κ2) is 9.67. The molecule has 3 aromatic rings. The van der Waals surface area contributed by atoms with Gasteiger partial charge >= 0.3 is 5.97 Å². The molecule has 0 radical (unpaired) electrons. The fraction of sp³-hybridized carbons (Fsp3) is 0.436. The Hall–Kier alpha value is -3.66. The second-order valence-electron chi connectivity index (χ2n) is 14.4. The van der Waals surface area contributed by atoms with E-state index in [-0.39, 0.29) is 40.8 Å². The van der Waals surface area contributed by atoms with E-state index in [0.717, 1.165) is 56.4 Å². The maximum Gasteiger partial charge on any atom is 0.315 e. The van der Waals surface area contributed by atoms with Gasteiger partial charge in [0.15, 0.2) is 5.78 Å². The van der Waals surface area contributed by atoms with E-state index in [0.29, 0.717) is 5.92 Å². The second-order valence-corrected chi connectivity index (χ2v) is 14.4. The van der Waals surface area contributed by atoms with Gasteiger partial charge in [0.2, 0.25) is 0 Å². The highest BCUT2D eigenvalue weighted by molar-refractivity contribution is 6.06. The van der Waals surface area contributed by atoms with Crippen LogP contribution in [0.2, 0.25) is 0 Å². The minimum absolute atomic E-state index is 0.103. The van der Waals surface area contributed by atoms with Gasteiger partial charge in [-0.3, -0.25) is 9.59 Å². The molecule has 7 rings (SSSR count). The summed E-state index contributed by atoms with van der Waals surface area (Å²) in [5.74, 6) is -0.611. The van der Waals surface area contributed by atoms with E-state index in [1.807, 2.05) is 0 Å². The Morgan fingerprint density at radius 1 is 0.977 bits per heavy atom. The minimum atomic E-state index is -0.592. The van der Waals surface area contributed by atoms with Gasteiger partial charge < -0.3 is 10.1 Å². The van der Waals surface area contributed by atoms with Crippen LogP contribution in [0.5, 0.6) is 0 Å². The number of carbonyl (C=O) groups is 2. The molecule has 5 atom stereocenters. The predicted octanol–water partition coefficient (Wildman–Crippen LogP) is 8.85. The Balaban J connectivity index is 1.48. The lowest BCUT2D eigenvalue weighted by atomic mass is 9.65. The molecule has 4 aliphatic rings. The number of fused-ring (bicyclic) bond motifs is 5. The lowest BCUT2D eigenvalue weighted by Crippen LogP contribution is -2.40. The molecule has 4 heteroatoms. The lowest BCUT2D eigenvalue weighted by molar-refractivity contribution is -0.145. The average molecular weight is 574 g/mol. The van der Waals surface area contributed by atoms with Crippen LogP contribution in [0.4, 0.5) is 5.69 Å². The van der Waals surface area contributed by atoms with Crippen molar-refractivity contribution in [1.82, 2.24) is 0 Å². The number of anilines is 1. The van der Waals surface area contributed by atoms with Crippen LogP contribution < -0.4 is 5.32 Å². The zero-order valence-electron chi connectivity index (χ0n) is 26.6. The number of esters is 1. The lowest BCUT2D eigenvalue weighted by Gasteiger charge is -2.41. The van der Waals surface area contributed by atoms with Crippen molar-refractivity contribution in [3.05, 3.63) is 99.3 Å². The summed E-state index contributed by atoms with van der Waals surface area (Å²) >= 11 is 0. The first kappa shape index (κ1) is 28.1. The summed E-state index contributed by atoms with van der Waals surface area (Å²) in [6.45, 7) is 13.6. The number of Topliss-reactive ketones (excluding diaryl/α,β-unsaturated/α-hetero) is 1. The summed E-state index contributed by atoms with van der Waals surface area (Å²) in [6.07, 6.45) is 6.26. The van der Waals surface area contributed by atoms with Crippen LogP contribution in [0.1, 0.15) is 86.1 Å². The van der Waals surface area contributed by atoms with Crippen molar-refractivity contribution in [3.63, 3.8) is 0 Å². The van der Waals surface area contributed by atoms with Crippen LogP contribution in [0.3, 0.4) is 0 Å². The standard InChI is InChI=1S/C39H43NO3/c1-21-16-22(2)32(23(3)17-21)29-20-31(41)34-28(19-26-18-25-14-15-39(26,6)38(25,4)5)33-27-11-9-8-10-24(27)12-13-30(33)40-36(34)35(29)37(42)43-7/h8-13,16-17,19,25,28-29,35,40H,14-15,18,20H2,1-7H3. The molecule has 222 valence electrons. The van der Waals surface area contributed by atoms with Crippen LogP contribution in [0, 0.1) is 43.4 Å². The van der Waals surface area contributed by atoms with Gasteiger partial charge in [-0.2, -0.15) is 0 Å². The summed E-state index contributed by atoms with van der Waals surface area (Å²) in [5.41, 5.74) is 9.90. The van der Waals surface area contributed by atoms with Crippen LogP contribution in [-0.4, -0.2) is 18.9 Å². The van der Waals surface area contributed by atoms with E-state index < -0.39 is 5.92 Å². The summed E-state index contributed by atoms with van der Waals surface area (Å²) in [4.78, 5) is 28.4. The third-order valence-electron chi connectivity index (χ3n) is 12.1. The fourth-order valence-electron chi connectivity index (χ4n) is 9.55. The fourth-order valence-corrected chi connectivity index (χ4v) is 9.55. The first-order valence-electron chi connectivity index (χ1n) is 15.9. The van der Waals surface area contributed by atoms with E-state index in [1.54, 1.807) is 0 Å². The van der Waals surface area contributed by atoms with E-state index in [4.69, 9.17) is 4.74 Å². The molecule has 1 aliphatic heterocycles. The molecular weight excluding hydrogens is 530 g/mol. The number of rotatable bonds is 3. The Kier molecular flexibility index (Phi) is 6.33. The van der Waals surface area contributed by atoms with Crippen LogP contribution in [-0.2, 0) is 14.3 Å². The topological polar surface area (TPSA) is 55.4 Å². The highest BCUT2D eigenvalue weighted by Crippen LogP contribution is 2.68. The van der Waals surface area contributed by atoms with Crippen molar-refractivity contribution in [1.29, 1.82) is 0 Å². The largest absolute Gasteiger partial charge is 0.468 e. The normalized spacial score (nSPS) is 29.9. The number of allylic oxidation sites excluding steroid dienone is 3. The molecular formula is C39H43NO3. The van der Waals surface area contributed by atoms with Crippen molar-refractivity contribution < 1.29 is 14.3 Å². The van der Waals surface area contributed by atoms with Crippen molar-refractivity contribution in [2.24, 2.45) is 22.7 Å². The van der Waals surface area contributed by atoms with Gasteiger partial charge in [-0.25, -0.2) is 0 Å². The number of hydrogen-bond acceptors (Lipinski definition) is 4. The molecule has 1 heterocycles. The quantitative estimate of drug-likeness (QED) is 0.251. The highest BCUT2D eigenvalue weighted by atomic mass is 16.5. The number of nitrogens with one attached hydrogen (secondary N) is 1. The molecule has 2 saturated carbocycles. The third kappa shape index (κ3) is 3.94. The molecule has 0 saturated heterocycles. The van der Waals surface area contributed by atoms with E-state index >= 15 is 0 Å². The van der Waals surface area contributed by atoms with Gasteiger partial charge in [0, 0.05) is 35.2 Å². The number of aryl methyl sites for hydroxylation is 3. The third-order valence-corrected chi connectivity index (χ3v) is 12.1. The Bertz CT molecular complexity index is 1750. The first-order chi connectivity index (χ1) is 20.5. The molecule has 3 aliphatic carbocycles. The maximum atomic E-state index is 14.6. The number of ketones is 1. The van der Waals surface area contributed by atoms with Crippen LogP contribution in [0.15, 0.2) is 71.5 Å². The van der Waals surface area contributed by atoms with Gasteiger partial charge in [-0.05, 0) is 95.9 Å². The zero-order chi connectivity index (χ0) is 30.4. The number of benzene rings is 3. The predicted molar refractivity (Wildman–Crippen MR) is 173 cm³/mol. The number of methoxy groups -OCH3 is 1. The van der Waals surface area contributed by atoms with Gasteiger partial charge in [-0.1, -0.05) is 80.4 Å². The molecule has 2 fully saturated rings. The first-order valence-corrected chi connectivity index (χ1v) is 15.9. The van der Waals surface area contributed by atoms with Gasteiger partial charge in [0.25, 0.3) is 0 Å². The maximum absolute atomic E-state index is 14.6. The molecule has 2 bridgehead atoms. The van der Waals surface area contributed by atoms with E-state index in [9.17, 15) is 9.59 Å². The Morgan fingerprint density at radius 3 is 2.35 bits per heavy atom. The Morgan fingerprint density at radius 2 is 1.70 bits per heavy atom. The van der Waals surface area contributed by atoms with Gasteiger partial charge in [0.1, 0.15) is 5.92 Å². The summed E-state index contributed by atoms with van der Waals surface area (Å²) in [6, 6.07) is 17.1. The summed E-state index contributed by atoms with van der Waals surface area (Å²) in [7, 11) is 1.47. The molecule has 1 N–H and O–H groups in total. The summed E-state index contributed by atoms with van der Waals surface area (Å²) < 4.78 is 5.50. The Labute approximate surface area is 255 Å². The van der Waals surface area contributed by atoms with E-state index in [1.165, 1.54) is 31.1 Å². The molecule has 0 spiro atoms. The minimum Gasteiger partial charge on any atom is -0.468 e. The molecule has 43 heavy (non-hydrogen) atoms. The highest BCUT2D eigenvalue weighted by Gasteiger charge is 2.59. The van der Waals surface area contributed by atoms with Crippen molar-refractivity contribution in [2.75, 3.05) is 12.4 Å². The van der Waals surface area contributed by atoms with Gasteiger partial charge in [0.05, 0.1) is 7.11 Å². The number of hydrogen-bond donors (Lipinski definition) is 1. The molecule has 0 amide bonds. The number of carbonyl (C=O) groups excluding carboxylic acids is 2. The average Bonchev–Trinajstić information content (AvgIpc) is 3.29. The van der Waals surface area contributed by atoms with Crippen LogP contribution >= 0.6 is 0 Å². The number of ether oxygens (including phenoxy) is 1. The van der Waals surface area contributed by atoms with Crippen molar-refractivity contribution in [3.8, 4) is 0 Å². The monoisotopic (exact) mass is 573 g/mol. The van der Waals surface area contributed by atoms with Crippen molar-refractivity contribution in [2.45, 2.75) is 79.1 Å². The molecule has 3 aromatic carbocycles. The van der Waals surface area contributed by atoms with E-state index in [2.05, 4.69) is 101 Å².